The van der Waals surface area contributed by atoms with Gasteiger partial charge in [-0.3, -0.25) is 4.90 Å². The minimum atomic E-state index is 0.408. The van der Waals surface area contributed by atoms with Crippen LogP contribution in [0.2, 0.25) is 0 Å². The Morgan fingerprint density at radius 3 is 2.47 bits per heavy atom. The van der Waals surface area contributed by atoms with Gasteiger partial charge in [0.2, 0.25) is 0 Å². The Hall–Kier alpha value is -1.12. The SMILES string of the molecule is C=CCN(C(C)C)C(CNCCC)c1ccccc1. The van der Waals surface area contributed by atoms with Crippen LogP contribution in [0.3, 0.4) is 0 Å². The van der Waals surface area contributed by atoms with Crippen molar-refractivity contribution in [2.24, 2.45) is 0 Å². The van der Waals surface area contributed by atoms with Gasteiger partial charge in [0.25, 0.3) is 0 Å². The summed E-state index contributed by atoms with van der Waals surface area (Å²) in [5.74, 6) is 0. The molecule has 0 fully saturated rings. The normalized spacial score (nSPS) is 12.9. The van der Waals surface area contributed by atoms with Crippen LogP contribution in [-0.4, -0.2) is 30.6 Å². The Bertz CT molecular complexity index is 346. The van der Waals surface area contributed by atoms with Gasteiger partial charge in [-0.2, -0.15) is 0 Å². The van der Waals surface area contributed by atoms with E-state index in [-0.39, 0.29) is 0 Å². The van der Waals surface area contributed by atoms with Gasteiger partial charge >= 0.3 is 0 Å². The molecule has 0 aliphatic heterocycles. The minimum absolute atomic E-state index is 0.408. The number of hydrogen-bond acceptors (Lipinski definition) is 2. The van der Waals surface area contributed by atoms with Crippen molar-refractivity contribution in [2.45, 2.75) is 39.3 Å². The molecule has 1 atom stereocenters. The molecule has 0 amide bonds. The van der Waals surface area contributed by atoms with Crippen molar-refractivity contribution < 1.29 is 0 Å². The highest BCUT2D eigenvalue weighted by atomic mass is 15.2. The zero-order valence-corrected chi connectivity index (χ0v) is 12.6. The molecule has 1 rings (SSSR count). The number of benzene rings is 1. The quantitative estimate of drug-likeness (QED) is 0.539. The first kappa shape index (κ1) is 15.9. The molecule has 1 aromatic rings. The molecular formula is C17H28N2. The third-order valence-electron chi connectivity index (χ3n) is 3.35. The minimum Gasteiger partial charge on any atom is -0.315 e. The van der Waals surface area contributed by atoms with Crippen LogP contribution in [0.5, 0.6) is 0 Å². The summed E-state index contributed by atoms with van der Waals surface area (Å²) in [6.45, 7) is 13.6. The smallest absolute Gasteiger partial charge is 0.0478 e. The largest absolute Gasteiger partial charge is 0.315 e. The van der Waals surface area contributed by atoms with Crippen LogP contribution < -0.4 is 5.32 Å². The fraction of sp³-hybridized carbons (Fsp3) is 0.529. The Morgan fingerprint density at radius 1 is 1.26 bits per heavy atom. The zero-order valence-electron chi connectivity index (χ0n) is 12.6. The second kappa shape index (κ2) is 8.89. The maximum Gasteiger partial charge on any atom is 0.0478 e. The third kappa shape index (κ3) is 5.17. The number of hydrogen-bond donors (Lipinski definition) is 1. The van der Waals surface area contributed by atoms with Crippen LogP contribution in [0.4, 0.5) is 0 Å². The van der Waals surface area contributed by atoms with Crippen molar-refractivity contribution in [1.82, 2.24) is 10.2 Å². The van der Waals surface area contributed by atoms with Gasteiger partial charge in [0, 0.05) is 25.2 Å². The zero-order chi connectivity index (χ0) is 14.1. The summed E-state index contributed by atoms with van der Waals surface area (Å²) in [7, 11) is 0. The lowest BCUT2D eigenvalue weighted by Gasteiger charge is -2.34. The van der Waals surface area contributed by atoms with E-state index < -0.39 is 0 Å². The van der Waals surface area contributed by atoms with Crippen molar-refractivity contribution in [3.05, 3.63) is 48.6 Å². The predicted octanol–water partition coefficient (Wildman–Crippen LogP) is 3.62. The van der Waals surface area contributed by atoms with Crippen molar-refractivity contribution >= 4 is 0 Å². The average molecular weight is 260 g/mol. The number of nitrogens with zero attached hydrogens (tertiary/aromatic N) is 1. The molecule has 2 nitrogen and oxygen atoms in total. The first-order valence-electron chi connectivity index (χ1n) is 7.33. The topological polar surface area (TPSA) is 15.3 Å². The molecule has 0 saturated carbocycles. The lowest BCUT2D eigenvalue weighted by molar-refractivity contribution is 0.169. The van der Waals surface area contributed by atoms with Gasteiger partial charge in [0.15, 0.2) is 0 Å². The Morgan fingerprint density at radius 2 is 1.95 bits per heavy atom. The molecule has 1 aromatic carbocycles. The number of nitrogens with one attached hydrogen (secondary N) is 1. The summed E-state index contributed by atoms with van der Waals surface area (Å²) in [6.07, 6.45) is 3.17. The van der Waals surface area contributed by atoms with Gasteiger partial charge in [-0.15, -0.1) is 6.58 Å². The molecule has 0 heterocycles. The summed E-state index contributed by atoms with van der Waals surface area (Å²) < 4.78 is 0. The summed E-state index contributed by atoms with van der Waals surface area (Å²) in [5.41, 5.74) is 1.38. The fourth-order valence-electron chi connectivity index (χ4n) is 2.36. The first-order chi connectivity index (χ1) is 9.20. The van der Waals surface area contributed by atoms with E-state index in [9.17, 15) is 0 Å². The highest BCUT2D eigenvalue weighted by molar-refractivity contribution is 5.20. The van der Waals surface area contributed by atoms with E-state index in [4.69, 9.17) is 0 Å². The second-order valence-electron chi connectivity index (χ2n) is 5.21. The monoisotopic (exact) mass is 260 g/mol. The lowest BCUT2D eigenvalue weighted by atomic mass is 10.0. The molecular weight excluding hydrogens is 232 g/mol. The van der Waals surface area contributed by atoms with Crippen LogP contribution in [-0.2, 0) is 0 Å². The van der Waals surface area contributed by atoms with Crippen molar-refractivity contribution in [1.29, 1.82) is 0 Å². The van der Waals surface area contributed by atoms with Crippen molar-refractivity contribution in [3.8, 4) is 0 Å². The van der Waals surface area contributed by atoms with Crippen LogP contribution in [0, 0.1) is 0 Å². The van der Waals surface area contributed by atoms with Gasteiger partial charge in [0.1, 0.15) is 0 Å². The van der Waals surface area contributed by atoms with E-state index in [2.05, 4.69) is 67.9 Å². The molecule has 0 radical (unpaired) electrons. The van der Waals surface area contributed by atoms with Crippen LogP contribution in [0.15, 0.2) is 43.0 Å². The molecule has 1 N–H and O–H groups in total. The molecule has 0 aliphatic carbocycles. The van der Waals surface area contributed by atoms with Crippen molar-refractivity contribution in [2.75, 3.05) is 19.6 Å². The van der Waals surface area contributed by atoms with Gasteiger partial charge in [0.05, 0.1) is 0 Å². The fourth-order valence-corrected chi connectivity index (χ4v) is 2.36. The molecule has 2 heteroatoms. The summed E-state index contributed by atoms with van der Waals surface area (Å²) in [4.78, 5) is 2.49. The van der Waals surface area contributed by atoms with E-state index in [1.54, 1.807) is 0 Å². The van der Waals surface area contributed by atoms with Gasteiger partial charge in [-0.25, -0.2) is 0 Å². The molecule has 0 spiro atoms. The third-order valence-corrected chi connectivity index (χ3v) is 3.35. The number of rotatable bonds is 9. The average Bonchev–Trinajstić information content (AvgIpc) is 2.42. The molecule has 0 aliphatic rings. The second-order valence-corrected chi connectivity index (χ2v) is 5.21. The molecule has 0 aromatic heterocycles. The van der Waals surface area contributed by atoms with Crippen LogP contribution in [0.25, 0.3) is 0 Å². The molecule has 1 unspecified atom stereocenters. The van der Waals surface area contributed by atoms with Crippen LogP contribution in [0.1, 0.15) is 38.8 Å². The van der Waals surface area contributed by atoms with E-state index in [0.29, 0.717) is 12.1 Å². The highest BCUT2D eigenvalue weighted by Crippen LogP contribution is 2.22. The standard InChI is InChI=1S/C17H28N2/c1-5-12-18-14-17(16-10-8-7-9-11-16)19(13-6-2)15(3)4/h6-11,15,17-18H,2,5,12-14H2,1,3-4H3. The Kier molecular flexibility index (Phi) is 7.46. The maximum atomic E-state index is 3.89. The predicted molar refractivity (Wildman–Crippen MR) is 84.4 cm³/mol. The molecule has 19 heavy (non-hydrogen) atoms. The lowest BCUT2D eigenvalue weighted by Crippen LogP contribution is -2.40. The van der Waals surface area contributed by atoms with E-state index in [1.165, 1.54) is 12.0 Å². The highest BCUT2D eigenvalue weighted by Gasteiger charge is 2.21. The Labute approximate surface area is 118 Å². The van der Waals surface area contributed by atoms with Crippen molar-refractivity contribution in [3.63, 3.8) is 0 Å². The van der Waals surface area contributed by atoms with E-state index in [1.807, 2.05) is 6.08 Å². The summed E-state index contributed by atoms with van der Waals surface area (Å²) >= 11 is 0. The van der Waals surface area contributed by atoms with E-state index >= 15 is 0 Å². The first-order valence-corrected chi connectivity index (χ1v) is 7.33. The van der Waals surface area contributed by atoms with Crippen LogP contribution >= 0.6 is 0 Å². The summed E-state index contributed by atoms with van der Waals surface area (Å²) in [5, 5.41) is 3.55. The van der Waals surface area contributed by atoms with Gasteiger partial charge in [-0.05, 0) is 32.4 Å². The van der Waals surface area contributed by atoms with Gasteiger partial charge in [-0.1, -0.05) is 43.3 Å². The van der Waals surface area contributed by atoms with E-state index in [0.717, 1.165) is 19.6 Å². The summed E-state index contributed by atoms with van der Waals surface area (Å²) in [6, 6.07) is 11.7. The Balaban J connectivity index is 2.86. The molecule has 106 valence electrons. The molecule has 0 saturated heterocycles. The molecule has 0 bridgehead atoms. The maximum absolute atomic E-state index is 3.89. The van der Waals surface area contributed by atoms with Gasteiger partial charge < -0.3 is 5.32 Å².